The molecule has 4 atom stereocenters. The molecule has 1 saturated carbocycles. The van der Waals surface area contributed by atoms with Gasteiger partial charge < -0.3 is 20.4 Å². The molecule has 19 heavy (non-hydrogen) atoms. The zero-order chi connectivity index (χ0) is 14.5. The van der Waals surface area contributed by atoms with Crippen molar-refractivity contribution in [3.05, 3.63) is 23.8 Å². The Balaban J connectivity index is 2.45. The second-order valence-electron chi connectivity index (χ2n) is 6.80. The largest absolute Gasteiger partial charge is 0.392 e. The van der Waals surface area contributed by atoms with Gasteiger partial charge in [0, 0.05) is 12.3 Å². The first kappa shape index (κ1) is 14.7. The third-order valence-corrected chi connectivity index (χ3v) is 4.84. The van der Waals surface area contributed by atoms with Crippen molar-refractivity contribution in [1.29, 1.82) is 0 Å². The maximum Gasteiger partial charge on any atom is 0.102 e. The van der Waals surface area contributed by atoms with Crippen LogP contribution in [-0.2, 0) is 0 Å². The lowest BCUT2D eigenvalue weighted by Crippen LogP contribution is -2.69. The average Bonchev–Trinajstić information content (AvgIpc) is 2.32. The molecule has 4 heteroatoms. The Morgan fingerprint density at radius 1 is 1.21 bits per heavy atom. The van der Waals surface area contributed by atoms with E-state index >= 15 is 0 Å². The van der Waals surface area contributed by atoms with Crippen LogP contribution in [0.25, 0.3) is 0 Å². The van der Waals surface area contributed by atoms with Crippen molar-refractivity contribution < 1.29 is 20.4 Å². The molecule has 0 heterocycles. The van der Waals surface area contributed by atoms with E-state index in [1.807, 2.05) is 13.8 Å². The molecular formula is C15H24O4. The summed E-state index contributed by atoms with van der Waals surface area (Å²) in [5, 5.41) is 41.0. The summed E-state index contributed by atoms with van der Waals surface area (Å²) in [5.74, 6) is -0.263. The molecule has 4 nitrogen and oxygen atoms in total. The van der Waals surface area contributed by atoms with Crippen molar-refractivity contribution in [3.8, 4) is 0 Å². The van der Waals surface area contributed by atoms with E-state index in [0.717, 1.165) is 0 Å². The smallest absolute Gasteiger partial charge is 0.102 e. The van der Waals surface area contributed by atoms with Gasteiger partial charge in [0.15, 0.2) is 0 Å². The third-order valence-electron chi connectivity index (χ3n) is 4.84. The molecular weight excluding hydrogens is 244 g/mol. The Bertz CT molecular complexity index is 422. The second-order valence-corrected chi connectivity index (χ2v) is 6.80. The lowest BCUT2D eigenvalue weighted by Gasteiger charge is -2.61. The van der Waals surface area contributed by atoms with Gasteiger partial charge in [-0.2, -0.15) is 0 Å². The van der Waals surface area contributed by atoms with Gasteiger partial charge in [0.1, 0.15) is 5.60 Å². The summed E-state index contributed by atoms with van der Waals surface area (Å²) in [6.07, 6.45) is 4.77. The van der Waals surface area contributed by atoms with Gasteiger partial charge in [0.25, 0.3) is 0 Å². The van der Waals surface area contributed by atoms with E-state index < -0.39 is 22.7 Å². The van der Waals surface area contributed by atoms with Gasteiger partial charge in [-0.3, -0.25) is 0 Å². The van der Waals surface area contributed by atoms with Crippen LogP contribution in [0.3, 0.4) is 0 Å². The minimum absolute atomic E-state index is 0.0759. The summed E-state index contributed by atoms with van der Waals surface area (Å²) in [6, 6.07) is 0. The van der Waals surface area contributed by atoms with Crippen LogP contribution in [0.4, 0.5) is 0 Å². The normalized spacial score (nSPS) is 45.3. The summed E-state index contributed by atoms with van der Waals surface area (Å²) in [4.78, 5) is 0. The van der Waals surface area contributed by atoms with Gasteiger partial charge in [-0.1, -0.05) is 32.1 Å². The summed E-state index contributed by atoms with van der Waals surface area (Å²) in [6.45, 7) is 5.26. The molecule has 0 amide bonds. The van der Waals surface area contributed by atoms with Crippen LogP contribution >= 0.6 is 0 Å². The van der Waals surface area contributed by atoms with Crippen LogP contribution in [0.15, 0.2) is 23.8 Å². The molecule has 0 aromatic rings. The number of hydrogen-bond acceptors (Lipinski definition) is 4. The number of hydrogen-bond donors (Lipinski definition) is 4. The molecule has 0 spiro atoms. The Labute approximate surface area is 114 Å². The topological polar surface area (TPSA) is 80.9 Å². The molecule has 2 aliphatic carbocycles. The van der Waals surface area contributed by atoms with Gasteiger partial charge in [-0.25, -0.2) is 0 Å². The van der Waals surface area contributed by atoms with Crippen LogP contribution < -0.4 is 0 Å². The highest BCUT2D eigenvalue weighted by Crippen LogP contribution is 2.59. The summed E-state index contributed by atoms with van der Waals surface area (Å²) >= 11 is 0. The lowest BCUT2D eigenvalue weighted by atomic mass is 9.48. The zero-order valence-corrected chi connectivity index (χ0v) is 11.8. The Hall–Kier alpha value is -0.680. The first-order valence-electron chi connectivity index (χ1n) is 6.76. The molecule has 0 radical (unpaired) electrons. The van der Waals surface area contributed by atoms with Crippen molar-refractivity contribution in [3.63, 3.8) is 0 Å². The van der Waals surface area contributed by atoms with E-state index in [1.165, 1.54) is 0 Å². The molecule has 0 bridgehead atoms. The molecule has 0 aromatic carbocycles. The fourth-order valence-corrected chi connectivity index (χ4v) is 3.54. The molecule has 1 fully saturated rings. The molecule has 4 N–H and O–H groups in total. The summed E-state index contributed by atoms with van der Waals surface area (Å²) < 4.78 is 0. The van der Waals surface area contributed by atoms with Crippen molar-refractivity contribution >= 4 is 0 Å². The van der Waals surface area contributed by atoms with E-state index in [0.29, 0.717) is 12.0 Å². The van der Waals surface area contributed by atoms with E-state index in [9.17, 15) is 20.4 Å². The molecule has 4 unspecified atom stereocenters. The standard InChI is InChI=1S/C15H24O4/c1-13(2)7-11-10(9-16)5-4-6-14(3,18)8-12(17)15(11,13)19/h4-6,11-12,16-19H,7-9H2,1-3H3. The van der Waals surface area contributed by atoms with Crippen LogP contribution in [0.1, 0.15) is 33.6 Å². The van der Waals surface area contributed by atoms with Crippen molar-refractivity contribution in [2.24, 2.45) is 11.3 Å². The second kappa shape index (κ2) is 4.42. The van der Waals surface area contributed by atoms with Crippen LogP contribution in [0.5, 0.6) is 0 Å². The highest BCUT2D eigenvalue weighted by atomic mass is 16.3. The van der Waals surface area contributed by atoms with Gasteiger partial charge in [0.05, 0.1) is 18.3 Å². The number of fused-ring (bicyclic) bond motifs is 1. The molecule has 108 valence electrons. The maximum absolute atomic E-state index is 10.9. The predicted molar refractivity (Wildman–Crippen MR) is 72.4 cm³/mol. The van der Waals surface area contributed by atoms with Crippen molar-refractivity contribution in [2.45, 2.75) is 50.9 Å². The number of allylic oxidation sites excluding steroid dienone is 2. The van der Waals surface area contributed by atoms with Crippen molar-refractivity contribution in [2.75, 3.05) is 6.61 Å². The Morgan fingerprint density at radius 3 is 2.37 bits per heavy atom. The number of rotatable bonds is 1. The number of aliphatic hydroxyl groups is 4. The first-order chi connectivity index (χ1) is 8.64. The maximum atomic E-state index is 10.9. The summed E-state index contributed by atoms with van der Waals surface area (Å²) in [7, 11) is 0. The summed E-state index contributed by atoms with van der Waals surface area (Å²) in [5.41, 5.74) is -2.22. The van der Waals surface area contributed by atoms with Gasteiger partial charge in [-0.15, -0.1) is 0 Å². The quantitative estimate of drug-likeness (QED) is 0.566. The lowest BCUT2D eigenvalue weighted by molar-refractivity contribution is -0.250. The minimum Gasteiger partial charge on any atom is -0.392 e. The molecule has 2 aliphatic rings. The zero-order valence-electron chi connectivity index (χ0n) is 11.8. The van der Waals surface area contributed by atoms with E-state index in [1.54, 1.807) is 25.2 Å². The molecule has 0 saturated heterocycles. The van der Waals surface area contributed by atoms with E-state index in [2.05, 4.69) is 0 Å². The van der Waals surface area contributed by atoms with Gasteiger partial charge in [0.2, 0.25) is 0 Å². The van der Waals surface area contributed by atoms with E-state index in [4.69, 9.17) is 0 Å². The highest BCUT2D eigenvalue weighted by Gasteiger charge is 2.64. The average molecular weight is 268 g/mol. The van der Waals surface area contributed by atoms with Gasteiger partial charge in [-0.05, 0) is 24.3 Å². The predicted octanol–water partition coefficient (Wildman–Crippen LogP) is 0.754. The van der Waals surface area contributed by atoms with Gasteiger partial charge >= 0.3 is 0 Å². The van der Waals surface area contributed by atoms with Crippen LogP contribution in [0.2, 0.25) is 0 Å². The third kappa shape index (κ3) is 2.17. The van der Waals surface area contributed by atoms with Crippen molar-refractivity contribution in [1.82, 2.24) is 0 Å². The SMILES string of the molecule is CC1(O)C=CC=C(CO)C2CC(C)(C)C2(O)C(O)C1. The molecule has 2 rings (SSSR count). The fraction of sp³-hybridized carbons (Fsp3) is 0.733. The van der Waals surface area contributed by atoms with Crippen LogP contribution in [-0.4, -0.2) is 44.3 Å². The number of aliphatic hydroxyl groups excluding tert-OH is 2. The van der Waals surface area contributed by atoms with E-state index in [-0.39, 0.29) is 18.9 Å². The minimum atomic E-state index is -1.31. The Morgan fingerprint density at radius 2 is 1.84 bits per heavy atom. The highest BCUT2D eigenvalue weighted by molar-refractivity contribution is 5.30. The fourth-order valence-electron chi connectivity index (χ4n) is 3.54. The molecule has 0 aromatic heterocycles. The first-order valence-corrected chi connectivity index (χ1v) is 6.76. The molecule has 0 aliphatic heterocycles. The van der Waals surface area contributed by atoms with Crippen LogP contribution in [0, 0.1) is 11.3 Å². The monoisotopic (exact) mass is 268 g/mol. The Kier molecular flexibility index (Phi) is 3.42.